The standard InChI is InChI=1S/C24H24N6O/c1-14-18(11-26)6-5-7-19(14)15(2)27-24-20-8-22(30-12-17(10-25)13-30)23(31-4)9-21(20)28-16(3)29-24/h5-9,15,17H,12-13H2,1-4H3,(H,27,28,29)/t15-/m1/s1. The Hall–Kier alpha value is -3.84. The lowest BCUT2D eigenvalue weighted by Crippen LogP contribution is -2.46. The van der Waals surface area contributed by atoms with Gasteiger partial charge in [0.15, 0.2) is 0 Å². The summed E-state index contributed by atoms with van der Waals surface area (Å²) in [7, 11) is 1.65. The van der Waals surface area contributed by atoms with Crippen LogP contribution in [-0.4, -0.2) is 30.2 Å². The van der Waals surface area contributed by atoms with Crippen LogP contribution in [0.5, 0.6) is 5.75 Å². The molecule has 1 atom stereocenters. The molecule has 0 amide bonds. The molecule has 3 aromatic rings. The van der Waals surface area contributed by atoms with E-state index in [9.17, 15) is 5.26 Å². The predicted octanol–water partition coefficient (Wildman–Crippen LogP) is 4.26. The smallest absolute Gasteiger partial charge is 0.144 e. The molecule has 0 radical (unpaired) electrons. The number of rotatable bonds is 5. The van der Waals surface area contributed by atoms with E-state index in [1.54, 1.807) is 7.11 Å². The Bertz CT molecular complexity index is 1230. The second-order valence-corrected chi connectivity index (χ2v) is 7.89. The minimum Gasteiger partial charge on any atom is -0.495 e. The minimum atomic E-state index is -0.0525. The van der Waals surface area contributed by atoms with Crippen LogP contribution in [-0.2, 0) is 0 Å². The number of anilines is 2. The Morgan fingerprint density at radius 3 is 2.65 bits per heavy atom. The third-order valence-corrected chi connectivity index (χ3v) is 5.83. The maximum atomic E-state index is 9.36. The highest BCUT2D eigenvalue weighted by Crippen LogP contribution is 2.38. The van der Waals surface area contributed by atoms with Crippen LogP contribution in [0.25, 0.3) is 10.9 Å². The van der Waals surface area contributed by atoms with Crippen LogP contribution < -0.4 is 15.0 Å². The Labute approximate surface area is 181 Å². The molecule has 7 heteroatoms. The largest absolute Gasteiger partial charge is 0.495 e. The Morgan fingerprint density at radius 2 is 1.97 bits per heavy atom. The van der Waals surface area contributed by atoms with Gasteiger partial charge in [-0.3, -0.25) is 0 Å². The highest BCUT2D eigenvalue weighted by atomic mass is 16.5. The molecular formula is C24H24N6O. The van der Waals surface area contributed by atoms with E-state index in [2.05, 4.69) is 39.2 Å². The number of nitriles is 2. The maximum Gasteiger partial charge on any atom is 0.144 e. The second kappa shape index (κ2) is 8.12. The first-order valence-electron chi connectivity index (χ1n) is 10.2. The molecule has 0 spiro atoms. The number of nitrogens with zero attached hydrogens (tertiary/aromatic N) is 5. The van der Waals surface area contributed by atoms with Crippen molar-refractivity contribution in [2.24, 2.45) is 5.92 Å². The van der Waals surface area contributed by atoms with Gasteiger partial charge in [0.2, 0.25) is 0 Å². The molecule has 0 saturated carbocycles. The van der Waals surface area contributed by atoms with Crippen molar-refractivity contribution in [3.05, 3.63) is 52.8 Å². The maximum absolute atomic E-state index is 9.36. The van der Waals surface area contributed by atoms with E-state index < -0.39 is 0 Å². The van der Waals surface area contributed by atoms with Crippen LogP contribution >= 0.6 is 0 Å². The van der Waals surface area contributed by atoms with Crippen molar-refractivity contribution in [1.29, 1.82) is 10.5 Å². The van der Waals surface area contributed by atoms with Crippen molar-refractivity contribution in [2.75, 3.05) is 30.4 Å². The van der Waals surface area contributed by atoms with E-state index in [1.807, 2.05) is 44.2 Å². The van der Waals surface area contributed by atoms with E-state index in [1.165, 1.54) is 0 Å². The topological polar surface area (TPSA) is 97.9 Å². The first-order valence-corrected chi connectivity index (χ1v) is 10.2. The van der Waals surface area contributed by atoms with Crippen LogP contribution in [0.2, 0.25) is 0 Å². The van der Waals surface area contributed by atoms with Crippen molar-refractivity contribution in [1.82, 2.24) is 9.97 Å². The fourth-order valence-electron chi connectivity index (χ4n) is 4.07. The number of aromatic nitrogens is 2. The van der Waals surface area contributed by atoms with E-state index >= 15 is 0 Å². The molecule has 1 aliphatic rings. The van der Waals surface area contributed by atoms with E-state index in [0.717, 1.165) is 39.3 Å². The molecule has 4 rings (SSSR count). The van der Waals surface area contributed by atoms with Crippen molar-refractivity contribution >= 4 is 22.4 Å². The van der Waals surface area contributed by atoms with Crippen molar-refractivity contribution in [3.63, 3.8) is 0 Å². The summed E-state index contributed by atoms with van der Waals surface area (Å²) in [6.45, 7) is 7.26. The van der Waals surface area contributed by atoms with Gasteiger partial charge in [0.05, 0.1) is 48.0 Å². The molecule has 1 fully saturated rings. The van der Waals surface area contributed by atoms with Crippen LogP contribution in [0.1, 0.15) is 35.5 Å². The fourth-order valence-corrected chi connectivity index (χ4v) is 4.07. The van der Waals surface area contributed by atoms with Gasteiger partial charge < -0.3 is 15.0 Å². The second-order valence-electron chi connectivity index (χ2n) is 7.89. The third kappa shape index (κ3) is 3.71. The first-order chi connectivity index (χ1) is 14.9. The summed E-state index contributed by atoms with van der Waals surface area (Å²) in [6, 6.07) is 14.2. The quantitative estimate of drug-likeness (QED) is 0.668. The predicted molar refractivity (Wildman–Crippen MR) is 120 cm³/mol. The molecule has 7 nitrogen and oxygen atoms in total. The number of aryl methyl sites for hydroxylation is 1. The molecular weight excluding hydrogens is 388 g/mol. The summed E-state index contributed by atoms with van der Waals surface area (Å²) in [5, 5.41) is 22.9. The average Bonchev–Trinajstić information content (AvgIpc) is 2.72. The molecule has 156 valence electrons. The molecule has 2 heterocycles. The molecule has 31 heavy (non-hydrogen) atoms. The SMILES string of the molecule is COc1cc2nc(C)nc(N[C@H](C)c3cccc(C#N)c3C)c2cc1N1CC(C#N)C1. The molecule has 2 aromatic carbocycles. The highest BCUT2D eigenvalue weighted by Gasteiger charge is 2.29. The van der Waals surface area contributed by atoms with E-state index in [4.69, 9.17) is 10.00 Å². The number of benzene rings is 2. The molecule has 0 unspecified atom stereocenters. The monoisotopic (exact) mass is 412 g/mol. The summed E-state index contributed by atoms with van der Waals surface area (Å²) < 4.78 is 5.61. The summed E-state index contributed by atoms with van der Waals surface area (Å²) in [6.07, 6.45) is 0. The summed E-state index contributed by atoms with van der Waals surface area (Å²) in [4.78, 5) is 11.4. The number of hydrogen-bond acceptors (Lipinski definition) is 7. The first kappa shape index (κ1) is 20.4. The molecule has 1 aliphatic heterocycles. The van der Waals surface area contributed by atoms with Gasteiger partial charge in [-0.05, 0) is 44.0 Å². The van der Waals surface area contributed by atoms with Crippen LogP contribution in [0, 0.1) is 42.4 Å². The lowest BCUT2D eigenvalue weighted by molar-refractivity contribution is 0.408. The summed E-state index contributed by atoms with van der Waals surface area (Å²) in [5.41, 5.74) is 4.42. The van der Waals surface area contributed by atoms with E-state index in [0.29, 0.717) is 24.5 Å². The number of hydrogen-bond donors (Lipinski definition) is 1. The summed E-state index contributed by atoms with van der Waals surface area (Å²) in [5.74, 6) is 2.17. The highest BCUT2D eigenvalue weighted by molar-refractivity contribution is 5.94. The van der Waals surface area contributed by atoms with Crippen LogP contribution in [0.15, 0.2) is 30.3 Å². The van der Waals surface area contributed by atoms with Crippen LogP contribution in [0.3, 0.4) is 0 Å². The number of fused-ring (bicyclic) bond motifs is 1. The lowest BCUT2D eigenvalue weighted by atomic mass is 9.98. The third-order valence-electron chi connectivity index (χ3n) is 5.83. The van der Waals surface area contributed by atoms with Gasteiger partial charge in [0, 0.05) is 24.5 Å². The number of ether oxygens (including phenoxy) is 1. The van der Waals surface area contributed by atoms with E-state index in [-0.39, 0.29) is 12.0 Å². The van der Waals surface area contributed by atoms with Gasteiger partial charge in [-0.25, -0.2) is 9.97 Å². The Morgan fingerprint density at radius 1 is 1.19 bits per heavy atom. The number of nitrogens with one attached hydrogen (secondary N) is 1. The Balaban J connectivity index is 1.75. The zero-order valence-electron chi connectivity index (χ0n) is 18.1. The van der Waals surface area contributed by atoms with Crippen molar-refractivity contribution < 1.29 is 4.74 Å². The van der Waals surface area contributed by atoms with Gasteiger partial charge in [0.25, 0.3) is 0 Å². The normalized spacial score (nSPS) is 14.5. The van der Waals surface area contributed by atoms with Gasteiger partial charge >= 0.3 is 0 Å². The number of methoxy groups -OCH3 is 1. The fraction of sp³-hybridized carbons (Fsp3) is 0.333. The van der Waals surface area contributed by atoms with Gasteiger partial charge in [-0.1, -0.05) is 12.1 Å². The summed E-state index contributed by atoms with van der Waals surface area (Å²) >= 11 is 0. The van der Waals surface area contributed by atoms with Crippen molar-refractivity contribution in [2.45, 2.75) is 26.8 Å². The zero-order valence-corrected chi connectivity index (χ0v) is 18.1. The average molecular weight is 412 g/mol. The van der Waals surface area contributed by atoms with Crippen molar-refractivity contribution in [3.8, 4) is 17.9 Å². The molecule has 1 N–H and O–H groups in total. The van der Waals surface area contributed by atoms with Gasteiger partial charge in [-0.2, -0.15) is 10.5 Å². The molecule has 1 aromatic heterocycles. The molecule has 0 aliphatic carbocycles. The Kier molecular flexibility index (Phi) is 5.35. The zero-order chi connectivity index (χ0) is 22.1. The minimum absolute atomic E-state index is 0.0441. The lowest BCUT2D eigenvalue weighted by Gasteiger charge is -2.38. The molecule has 0 bridgehead atoms. The van der Waals surface area contributed by atoms with Gasteiger partial charge in [-0.15, -0.1) is 0 Å². The molecule has 1 saturated heterocycles. The van der Waals surface area contributed by atoms with Gasteiger partial charge in [0.1, 0.15) is 17.4 Å². The van der Waals surface area contributed by atoms with Crippen LogP contribution in [0.4, 0.5) is 11.5 Å².